The third-order valence-corrected chi connectivity index (χ3v) is 4.38. The molecule has 2 N–H and O–H groups in total. The van der Waals surface area contributed by atoms with E-state index in [1.807, 2.05) is 0 Å². The van der Waals surface area contributed by atoms with Gasteiger partial charge in [0.25, 0.3) is 0 Å². The second kappa shape index (κ2) is 11.0. The number of ether oxygens (including phenoxy) is 1. The van der Waals surface area contributed by atoms with Crippen LogP contribution in [0.3, 0.4) is 0 Å². The fourth-order valence-electron chi connectivity index (χ4n) is 2.17. The van der Waals surface area contributed by atoms with Crippen molar-refractivity contribution in [1.82, 2.24) is 0 Å². The molecule has 0 aliphatic carbocycles. The summed E-state index contributed by atoms with van der Waals surface area (Å²) in [5.41, 5.74) is 1.36. The third-order valence-electron chi connectivity index (χ3n) is 3.47. The summed E-state index contributed by atoms with van der Waals surface area (Å²) in [5.74, 6) is -2.05. The summed E-state index contributed by atoms with van der Waals surface area (Å²) in [6.07, 6.45) is 0. The Balaban J connectivity index is 1.67. The molecule has 0 atom stereocenters. The van der Waals surface area contributed by atoms with E-state index in [0.29, 0.717) is 16.9 Å². The number of rotatable bonds is 9. The zero-order chi connectivity index (χ0) is 21.2. The normalized spacial score (nSPS) is 10.1. The van der Waals surface area contributed by atoms with Gasteiger partial charge in [0.2, 0.25) is 11.8 Å². The van der Waals surface area contributed by atoms with Crippen molar-refractivity contribution in [1.29, 1.82) is 0 Å². The first-order valence-corrected chi connectivity index (χ1v) is 9.68. The molecule has 2 aromatic carbocycles. The van der Waals surface area contributed by atoms with E-state index in [0.717, 1.165) is 11.8 Å². The van der Waals surface area contributed by atoms with E-state index in [1.54, 1.807) is 12.1 Å². The topological polar surface area (TPSA) is 102 Å². The molecular weight excluding hydrogens is 399 g/mol. The van der Waals surface area contributed by atoms with Gasteiger partial charge in [-0.1, -0.05) is 0 Å². The number of thioether (sulfide) groups is 1. The Morgan fingerprint density at radius 2 is 1.48 bits per heavy atom. The minimum atomic E-state index is -0.618. The number of ketones is 1. The van der Waals surface area contributed by atoms with Crippen molar-refractivity contribution < 1.29 is 28.3 Å². The van der Waals surface area contributed by atoms with Gasteiger partial charge in [-0.25, -0.2) is 4.39 Å². The highest BCUT2D eigenvalue weighted by Crippen LogP contribution is 2.11. The number of amides is 2. The highest BCUT2D eigenvalue weighted by molar-refractivity contribution is 8.00. The van der Waals surface area contributed by atoms with Crippen molar-refractivity contribution in [2.45, 2.75) is 6.92 Å². The van der Waals surface area contributed by atoms with Crippen LogP contribution in [0, 0.1) is 5.82 Å². The molecule has 0 aliphatic rings. The lowest BCUT2D eigenvalue weighted by Gasteiger charge is -2.07. The molecule has 0 unspecified atom stereocenters. The summed E-state index contributed by atoms with van der Waals surface area (Å²) in [6.45, 7) is 0.962. The van der Waals surface area contributed by atoms with E-state index < -0.39 is 18.4 Å². The molecule has 7 nitrogen and oxygen atoms in total. The Morgan fingerprint density at radius 1 is 0.897 bits per heavy atom. The van der Waals surface area contributed by atoms with Gasteiger partial charge in [0.05, 0.1) is 11.5 Å². The summed E-state index contributed by atoms with van der Waals surface area (Å²) in [5, 5.41) is 5.16. The fourth-order valence-corrected chi connectivity index (χ4v) is 2.78. The van der Waals surface area contributed by atoms with Crippen LogP contribution in [-0.4, -0.2) is 41.7 Å². The van der Waals surface area contributed by atoms with Crippen molar-refractivity contribution in [3.63, 3.8) is 0 Å². The van der Waals surface area contributed by atoms with Crippen LogP contribution < -0.4 is 10.6 Å². The van der Waals surface area contributed by atoms with Gasteiger partial charge in [-0.3, -0.25) is 19.2 Å². The maximum atomic E-state index is 12.8. The first-order chi connectivity index (χ1) is 13.8. The molecule has 0 aliphatic heterocycles. The summed E-state index contributed by atoms with van der Waals surface area (Å²) >= 11 is 1.03. The Morgan fingerprint density at radius 3 is 2.10 bits per heavy atom. The molecule has 9 heteroatoms. The van der Waals surface area contributed by atoms with Crippen LogP contribution in [0.25, 0.3) is 0 Å². The van der Waals surface area contributed by atoms with E-state index >= 15 is 0 Å². The molecule has 0 bridgehead atoms. The van der Waals surface area contributed by atoms with E-state index in [2.05, 4.69) is 10.6 Å². The number of carbonyl (C=O) groups excluding carboxylic acids is 4. The van der Waals surface area contributed by atoms with Gasteiger partial charge in [0.1, 0.15) is 5.82 Å². The van der Waals surface area contributed by atoms with Gasteiger partial charge in [0.15, 0.2) is 12.4 Å². The second-order valence-electron chi connectivity index (χ2n) is 5.89. The molecule has 0 saturated heterocycles. The van der Waals surface area contributed by atoms with E-state index in [4.69, 9.17) is 4.74 Å². The van der Waals surface area contributed by atoms with Crippen molar-refractivity contribution >= 4 is 46.7 Å². The first-order valence-electron chi connectivity index (χ1n) is 8.53. The maximum absolute atomic E-state index is 12.8. The number of Topliss-reactive ketones (excluding diaryl/α,β-unsaturated/α-hetero) is 1. The second-order valence-corrected chi connectivity index (χ2v) is 6.88. The molecule has 0 fully saturated rings. The molecule has 0 spiro atoms. The average Bonchev–Trinajstić information content (AvgIpc) is 2.68. The Bertz CT molecular complexity index is 885. The van der Waals surface area contributed by atoms with Crippen molar-refractivity contribution in [2.75, 3.05) is 28.7 Å². The molecule has 29 heavy (non-hydrogen) atoms. The van der Waals surface area contributed by atoms with Gasteiger partial charge in [0, 0.05) is 23.9 Å². The van der Waals surface area contributed by atoms with E-state index in [1.165, 1.54) is 43.3 Å². The van der Waals surface area contributed by atoms with Gasteiger partial charge in [-0.05, 0) is 48.5 Å². The summed E-state index contributed by atoms with van der Waals surface area (Å²) in [6, 6.07) is 11.5. The summed E-state index contributed by atoms with van der Waals surface area (Å²) in [7, 11) is 0. The Labute approximate surface area is 171 Å². The van der Waals surface area contributed by atoms with Gasteiger partial charge in [-0.15, -0.1) is 11.8 Å². The van der Waals surface area contributed by atoms with Crippen LogP contribution in [0.1, 0.15) is 17.3 Å². The van der Waals surface area contributed by atoms with Gasteiger partial charge in [-0.2, -0.15) is 0 Å². The SMILES string of the molecule is CC(=O)Nc1ccc(C(=O)COC(=O)CSCC(=O)Nc2ccc(F)cc2)cc1. The number of hydrogen-bond acceptors (Lipinski definition) is 6. The highest BCUT2D eigenvalue weighted by Gasteiger charge is 2.11. The van der Waals surface area contributed by atoms with E-state index in [-0.39, 0.29) is 29.1 Å². The average molecular weight is 418 g/mol. The Hall–Kier alpha value is -3.20. The third kappa shape index (κ3) is 8.14. The van der Waals surface area contributed by atoms with Crippen LogP contribution in [0.5, 0.6) is 0 Å². The molecule has 152 valence electrons. The van der Waals surface area contributed by atoms with E-state index in [9.17, 15) is 23.6 Å². The van der Waals surface area contributed by atoms with Crippen molar-refractivity contribution in [3.8, 4) is 0 Å². The zero-order valence-corrected chi connectivity index (χ0v) is 16.4. The van der Waals surface area contributed by atoms with Gasteiger partial charge >= 0.3 is 5.97 Å². The molecule has 0 saturated carbocycles. The lowest BCUT2D eigenvalue weighted by Crippen LogP contribution is -2.18. The molecule has 2 aromatic rings. The quantitative estimate of drug-likeness (QED) is 0.480. The lowest BCUT2D eigenvalue weighted by molar-refractivity contribution is -0.139. The number of hydrogen-bond donors (Lipinski definition) is 2. The van der Waals surface area contributed by atoms with Crippen LogP contribution in [0.4, 0.5) is 15.8 Å². The number of halogens is 1. The number of esters is 1. The van der Waals surface area contributed by atoms with Crippen LogP contribution in [-0.2, 0) is 19.1 Å². The monoisotopic (exact) mass is 418 g/mol. The lowest BCUT2D eigenvalue weighted by atomic mass is 10.1. The van der Waals surface area contributed by atoms with Crippen molar-refractivity contribution in [2.24, 2.45) is 0 Å². The van der Waals surface area contributed by atoms with Crippen LogP contribution >= 0.6 is 11.8 Å². The fraction of sp³-hybridized carbons (Fsp3) is 0.200. The summed E-state index contributed by atoms with van der Waals surface area (Å²) < 4.78 is 17.7. The van der Waals surface area contributed by atoms with Crippen LogP contribution in [0.2, 0.25) is 0 Å². The minimum Gasteiger partial charge on any atom is -0.457 e. The predicted octanol–water partition coefficient (Wildman–Crippen LogP) is 2.88. The number of anilines is 2. The molecule has 0 radical (unpaired) electrons. The minimum absolute atomic E-state index is 0.00499. The zero-order valence-electron chi connectivity index (χ0n) is 15.6. The molecular formula is C20H19FN2O5S. The molecule has 0 heterocycles. The largest absolute Gasteiger partial charge is 0.457 e. The first kappa shape index (κ1) is 22.1. The standard InChI is InChI=1S/C20H19FN2O5S/c1-13(24)22-16-6-2-14(3-7-16)18(25)10-28-20(27)12-29-11-19(26)23-17-8-4-15(21)5-9-17/h2-9H,10-12H2,1H3,(H,22,24)(H,23,26). The van der Waals surface area contributed by atoms with Crippen molar-refractivity contribution in [3.05, 3.63) is 59.9 Å². The molecule has 2 rings (SSSR count). The smallest absolute Gasteiger partial charge is 0.316 e. The molecule has 2 amide bonds. The number of carbonyl (C=O) groups is 4. The van der Waals surface area contributed by atoms with Crippen LogP contribution in [0.15, 0.2) is 48.5 Å². The number of benzene rings is 2. The van der Waals surface area contributed by atoms with Gasteiger partial charge < -0.3 is 15.4 Å². The predicted molar refractivity (Wildman–Crippen MR) is 108 cm³/mol. The number of nitrogens with one attached hydrogen (secondary N) is 2. The Kier molecular flexibility index (Phi) is 8.35. The molecule has 0 aromatic heterocycles. The summed E-state index contributed by atoms with van der Waals surface area (Å²) in [4.78, 5) is 46.5. The maximum Gasteiger partial charge on any atom is 0.316 e. The highest BCUT2D eigenvalue weighted by atomic mass is 32.2.